The summed E-state index contributed by atoms with van der Waals surface area (Å²) in [5.41, 5.74) is 0.897. The number of ether oxygens (including phenoxy) is 1. The van der Waals surface area contributed by atoms with Crippen molar-refractivity contribution in [3.63, 3.8) is 0 Å². The number of aryl methyl sites for hydroxylation is 1. The maximum absolute atomic E-state index is 11.7. The first-order chi connectivity index (χ1) is 9.65. The Morgan fingerprint density at radius 2 is 2.35 bits per heavy atom. The van der Waals surface area contributed by atoms with Crippen molar-refractivity contribution in [3.05, 3.63) is 60.7 Å². The maximum Gasteiger partial charge on any atom is 0.244 e. The van der Waals surface area contributed by atoms with Gasteiger partial charge in [0, 0.05) is 19.4 Å². The van der Waals surface area contributed by atoms with Crippen molar-refractivity contribution in [2.45, 2.75) is 6.04 Å². The van der Waals surface area contributed by atoms with Gasteiger partial charge in [0.25, 0.3) is 0 Å². The molecule has 0 spiro atoms. The molecule has 0 radical (unpaired) electrons. The predicted molar refractivity (Wildman–Crippen MR) is 76.4 cm³/mol. The van der Waals surface area contributed by atoms with Crippen molar-refractivity contribution in [2.75, 3.05) is 7.11 Å². The van der Waals surface area contributed by atoms with E-state index in [1.165, 1.54) is 6.08 Å². The number of rotatable bonds is 5. The molecule has 1 heterocycles. The number of aromatic nitrogens is 2. The van der Waals surface area contributed by atoms with Crippen molar-refractivity contribution >= 4 is 5.91 Å². The topological polar surface area (TPSA) is 56.1 Å². The first-order valence-corrected chi connectivity index (χ1v) is 6.19. The number of nitrogens with one attached hydrogen (secondary N) is 1. The lowest BCUT2D eigenvalue weighted by atomic mass is 10.1. The molecule has 1 N–H and O–H groups in total. The van der Waals surface area contributed by atoms with Crippen LogP contribution in [0.1, 0.15) is 17.4 Å². The Morgan fingerprint density at radius 1 is 1.55 bits per heavy atom. The van der Waals surface area contributed by atoms with Gasteiger partial charge in [-0.15, -0.1) is 0 Å². The summed E-state index contributed by atoms with van der Waals surface area (Å²) in [7, 11) is 3.49. The summed E-state index contributed by atoms with van der Waals surface area (Å²) in [5, 5.41) is 2.88. The fourth-order valence-electron chi connectivity index (χ4n) is 1.97. The second kappa shape index (κ2) is 6.06. The first-order valence-electron chi connectivity index (χ1n) is 6.19. The summed E-state index contributed by atoms with van der Waals surface area (Å²) in [6, 6.07) is 7.18. The summed E-state index contributed by atoms with van der Waals surface area (Å²) in [5.74, 6) is 1.23. The lowest BCUT2D eigenvalue weighted by Gasteiger charge is -2.18. The lowest BCUT2D eigenvalue weighted by molar-refractivity contribution is -0.117. The third kappa shape index (κ3) is 2.88. The fraction of sp³-hybridized carbons (Fsp3) is 0.200. The van der Waals surface area contributed by atoms with Gasteiger partial charge >= 0.3 is 0 Å². The normalized spacial score (nSPS) is 11.7. The molecule has 5 heteroatoms. The highest BCUT2D eigenvalue weighted by Crippen LogP contribution is 2.24. The molecule has 0 bridgehead atoms. The third-order valence-corrected chi connectivity index (χ3v) is 3.02. The van der Waals surface area contributed by atoms with E-state index in [1.807, 2.05) is 42.1 Å². The van der Waals surface area contributed by atoms with Crippen molar-refractivity contribution in [1.82, 2.24) is 14.9 Å². The summed E-state index contributed by atoms with van der Waals surface area (Å²) in [4.78, 5) is 16.0. The van der Waals surface area contributed by atoms with E-state index in [-0.39, 0.29) is 11.9 Å². The number of nitrogens with zero attached hydrogens (tertiary/aromatic N) is 2. The van der Waals surface area contributed by atoms with Crippen LogP contribution in [0, 0.1) is 0 Å². The van der Waals surface area contributed by atoms with Gasteiger partial charge in [0.05, 0.1) is 7.11 Å². The molecule has 1 unspecified atom stereocenters. The van der Waals surface area contributed by atoms with E-state index in [0.29, 0.717) is 0 Å². The number of benzene rings is 1. The van der Waals surface area contributed by atoms with Gasteiger partial charge in [-0.1, -0.05) is 18.7 Å². The molecule has 0 saturated heterocycles. The minimum Gasteiger partial charge on any atom is -0.497 e. The largest absolute Gasteiger partial charge is 0.497 e. The smallest absolute Gasteiger partial charge is 0.244 e. The fourth-order valence-corrected chi connectivity index (χ4v) is 1.97. The lowest BCUT2D eigenvalue weighted by Crippen LogP contribution is -2.29. The van der Waals surface area contributed by atoms with Gasteiger partial charge in [0.1, 0.15) is 17.6 Å². The van der Waals surface area contributed by atoms with Gasteiger partial charge < -0.3 is 14.6 Å². The van der Waals surface area contributed by atoms with Crippen LogP contribution in [0.5, 0.6) is 5.75 Å². The van der Waals surface area contributed by atoms with Crippen molar-refractivity contribution in [2.24, 2.45) is 7.05 Å². The average molecular weight is 271 g/mol. The number of hydrogen-bond donors (Lipinski definition) is 1. The van der Waals surface area contributed by atoms with Crippen molar-refractivity contribution < 1.29 is 9.53 Å². The van der Waals surface area contributed by atoms with Crippen LogP contribution in [0.15, 0.2) is 49.3 Å². The molecule has 5 nitrogen and oxygen atoms in total. The maximum atomic E-state index is 11.7. The van der Waals surface area contributed by atoms with E-state index in [1.54, 1.807) is 13.3 Å². The van der Waals surface area contributed by atoms with E-state index >= 15 is 0 Å². The Balaban J connectivity index is 2.42. The Hall–Kier alpha value is -2.56. The molecule has 20 heavy (non-hydrogen) atoms. The number of methoxy groups -OCH3 is 1. The van der Waals surface area contributed by atoms with E-state index in [2.05, 4.69) is 16.9 Å². The first kappa shape index (κ1) is 13.9. The zero-order valence-electron chi connectivity index (χ0n) is 11.5. The third-order valence-electron chi connectivity index (χ3n) is 3.02. The van der Waals surface area contributed by atoms with Gasteiger partial charge in [-0.3, -0.25) is 4.79 Å². The minimum absolute atomic E-state index is 0.249. The highest BCUT2D eigenvalue weighted by atomic mass is 16.5. The molecule has 1 amide bonds. The van der Waals surface area contributed by atoms with Crippen LogP contribution in [0.3, 0.4) is 0 Å². The number of amides is 1. The van der Waals surface area contributed by atoms with Crippen LogP contribution in [0.2, 0.25) is 0 Å². The summed E-state index contributed by atoms with van der Waals surface area (Å²) < 4.78 is 7.09. The Kier molecular flexibility index (Phi) is 4.20. The second-order valence-corrected chi connectivity index (χ2v) is 4.32. The minimum atomic E-state index is -0.351. The zero-order valence-corrected chi connectivity index (χ0v) is 11.5. The molecular formula is C15H17N3O2. The molecule has 1 atom stereocenters. The Labute approximate surface area is 117 Å². The molecule has 2 rings (SSSR count). The van der Waals surface area contributed by atoms with Gasteiger partial charge in [-0.05, 0) is 23.8 Å². The zero-order chi connectivity index (χ0) is 14.5. The Bertz CT molecular complexity index is 619. The second-order valence-electron chi connectivity index (χ2n) is 4.32. The standard InChI is InChI=1S/C15H17N3O2/c1-4-13(19)17-14(15-16-8-9-18(15)2)11-6-5-7-12(10-11)20-3/h4-10,14H,1H2,2-3H3,(H,17,19). The van der Waals surface area contributed by atoms with Gasteiger partial charge in [-0.25, -0.2) is 4.98 Å². The molecule has 0 fully saturated rings. The van der Waals surface area contributed by atoms with Crippen LogP contribution in [-0.4, -0.2) is 22.6 Å². The molecule has 1 aromatic heterocycles. The number of imidazole rings is 1. The van der Waals surface area contributed by atoms with Gasteiger partial charge in [0.2, 0.25) is 5.91 Å². The average Bonchev–Trinajstić information content (AvgIpc) is 2.90. The summed E-state index contributed by atoms with van der Waals surface area (Å²) in [6.45, 7) is 3.48. The van der Waals surface area contributed by atoms with Crippen LogP contribution in [0.25, 0.3) is 0 Å². The quantitative estimate of drug-likeness (QED) is 0.844. The van der Waals surface area contributed by atoms with Crippen LogP contribution < -0.4 is 10.1 Å². The van der Waals surface area contributed by atoms with Gasteiger partial charge in [-0.2, -0.15) is 0 Å². The molecule has 0 aliphatic carbocycles. The molecule has 0 aliphatic heterocycles. The summed E-state index contributed by atoms with van der Waals surface area (Å²) in [6.07, 6.45) is 4.78. The number of carbonyl (C=O) groups is 1. The van der Waals surface area contributed by atoms with Crippen molar-refractivity contribution in [3.8, 4) is 5.75 Å². The van der Waals surface area contributed by atoms with Gasteiger partial charge in [0.15, 0.2) is 0 Å². The van der Waals surface area contributed by atoms with Crippen LogP contribution in [0.4, 0.5) is 0 Å². The molecule has 2 aromatic rings. The molecular weight excluding hydrogens is 254 g/mol. The molecule has 0 saturated carbocycles. The number of carbonyl (C=O) groups excluding carboxylic acids is 1. The molecule has 1 aromatic carbocycles. The van der Waals surface area contributed by atoms with E-state index in [9.17, 15) is 4.79 Å². The number of hydrogen-bond acceptors (Lipinski definition) is 3. The monoisotopic (exact) mass is 271 g/mol. The van der Waals surface area contributed by atoms with Crippen molar-refractivity contribution in [1.29, 1.82) is 0 Å². The Morgan fingerprint density at radius 3 is 2.95 bits per heavy atom. The van der Waals surface area contributed by atoms with E-state index in [0.717, 1.165) is 17.1 Å². The van der Waals surface area contributed by atoms with E-state index in [4.69, 9.17) is 4.74 Å². The molecule has 0 aliphatic rings. The predicted octanol–water partition coefficient (Wildman–Crippen LogP) is 1.82. The van der Waals surface area contributed by atoms with Crippen LogP contribution in [-0.2, 0) is 11.8 Å². The van der Waals surface area contributed by atoms with E-state index < -0.39 is 0 Å². The SMILES string of the molecule is C=CC(=O)NC(c1cccc(OC)c1)c1nccn1C. The highest BCUT2D eigenvalue weighted by Gasteiger charge is 2.20. The summed E-state index contributed by atoms with van der Waals surface area (Å²) >= 11 is 0. The highest BCUT2D eigenvalue weighted by molar-refractivity contribution is 5.87. The van der Waals surface area contributed by atoms with Crippen LogP contribution >= 0.6 is 0 Å². The molecule has 104 valence electrons.